The van der Waals surface area contributed by atoms with Crippen LogP contribution in [0.15, 0.2) is 41.2 Å². The van der Waals surface area contributed by atoms with Crippen LogP contribution in [0.3, 0.4) is 0 Å². The van der Waals surface area contributed by atoms with Gasteiger partial charge in [0.1, 0.15) is 0 Å². The molecule has 3 nitrogen and oxygen atoms in total. The predicted octanol–water partition coefficient (Wildman–Crippen LogP) is 2.92. The van der Waals surface area contributed by atoms with Gasteiger partial charge in [0.2, 0.25) is 0 Å². The van der Waals surface area contributed by atoms with Crippen molar-refractivity contribution >= 4 is 11.8 Å². The number of pyridine rings is 1. The number of rotatable bonds is 2. The summed E-state index contributed by atoms with van der Waals surface area (Å²) in [5.74, 6) is 2.54. The van der Waals surface area contributed by atoms with Crippen LogP contribution in [-0.2, 0) is 20.0 Å². The molecule has 0 radical (unpaired) electrons. The highest BCUT2D eigenvalue weighted by Crippen LogP contribution is 2.28. The van der Waals surface area contributed by atoms with E-state index in [1.165, 1.54) is 29.2 Å². The number of benzene rings is 1. The topological polar surface area (TPSA) is 25.2 Å². The van der Waals surface area contributed by atoms with Gasteiger partial charge < -0.3 is 4.57 Å². The van der Waals surface area contributed by atoms with Crippen molar-refractivity contribution in [1.82, 2.24) is 9.47 Å². The van der Waals surface area contributed by atoms with Gasteiger partial charge in [0.05, 0.1) is 0 Å². The highest BCUT2D eigenvalue weighted by molar-refractivity contribution is 7.99. The summed E-state index contributed by atoms with van der Waals surface area (Å²) in [6, 6.07) is 12.9. The van der Waals surface area contributed by atoms with E-state index in [1.54, 1.807) is 0 Å². The van der Waals surface area contributed by atoms with E-state index in [1.807, 2.05) is 41.9 Å². The molecular formula is C19H22N2OS. The molecule has 2 aliphatic heterocycles. The second-order valence-electron chi connectivity index (χ2n) is 6.50. The van der Waals surface area contributed by atoms with Crippen LogP contribution in [0, 0.1) is 0 Å². The minimum atomic E-state index is 0.125. The van der Waals surface area contributed by atoms with Crippen molar-refractivity contribution < 1.29 is 0 Å². The molecule has 1 saturated heterocycles. The lowest BCUT2D eigenvalue weighted by atomic mass is 9.98. The molecule has 2 aliphatic rings. The molecule has 1 aromatic carbocycles. The van der Waals surface area contributed by atoms with Gasteiger partial charge in [0, 0.05) is 49.6 Å². The molecule has 4 heteroatoms. The predicted molar refractivity (Wildman–Crippen MR) is 97.0 cm³/mol. The van der Waals surface area contributed by atoms with E-state index >= 15 is 0 Å². The monoisotopic (exact) mass is 326 g/mol. The van der Waals surface area contributed by atoms with Crippen LogP contribution in [0.25, 0.3) is 11.1 Å². The maximum atomic E-state index is 12.7. The molecule has 1 unspecified atom stereocenters. The smallest absolute Gasteiger partial charge is 0.258 e. The van der Waals surface area contributed by atoms with E-state index < -0.39 is 0 Å². The zero-order chi connectivity index (χ0) is 15.8. The lowest BCUT2D eigenvalue weighted by molar-refractivity contribution is 0.191. The van der Waals surface area contributed by atoms with Gasteiger partial charge in [-0.25, -0.2) is 0 Å². The van der Waals surface area contributed by atoms with Crippen molar-refractivity contribution in [2.24, 2.45) is 7.05 Å². The van der Waals surface area contributed by atoms with E-state index in [4.69, 9.17) is 0 Å². The third-order valence-corrected chi connectivity index (χ3v) is 6.29. The minimum absolute atomic E-state index is 0.125. The maximum Gasteiger partial charge on any atom is 0.258 e. The van der Waals surface area contributed by atoms with Gasteiger partial charge in [-0.05, 0) is 29.4 Å². The molecule has 0 N–H and O–H groups in total. The largest absolute Gasteiger partial charge is 0.315 e. The number of fused-ring (bicyclic) bond motifs is 1. The Labute approximate surface area is 141 Å². The first-order chi connectivity index (χ1) is 11.2. The first-order valence-electron chi connectivity index (χ1n) is 8.33. The Balaban J connectivity index is 1.74. The normalized spacial score (nSPS) is 21.3. The van der Waals surface area contributed by atoms with E-state index in [-0.39, 0.29) is 5.56 Å². The highest BCUT2D eigenvalue weighted by atomic mass is 32.2. The third-order valence-electron chi connectivity index (χ3n) is 5.15. The lowest BCUT2D eigenvalue weighted by Gasteiger charge is -2.34. The van der Waals surface area contributed by atoms with Crippen LogP contribution in [0.2, 0.25) is 0 Å². The zero-order valence-corrected chi connectivity index (χ0v) is 14.3. The molecule has 4 rings (SSSR count). The molecule has 0 aliphatic carbocycles. The van der Waals surface area contributed by atoms with E-state index in [0.717, 1.165) is 30.6 Å². The molecule has 0 spiro atoms. The fourth-order valence-corrected chi connectivity index (χ4v) is 5.05. The van der Waals surface area contributed by atoms with Crippen molar-refractivity contribution in [2.75, 3.05) is 18.1 Å². The van der Waals surface area contributed by atoms with Crippen molar-refractivity contribution in [2.45, 2.75) is 25.4 Å². The fraction of sp³-hybridized carbons (Fsp3) is 0.421. The summed E-state index contributed by atoms with van der Waals surface area (Å²) in [6.07, 6.45) is 2.29. The summed E-state index contributed by atoms with van der Waals surface area (Å²) < 4.78 is 1.87. The molecule has 0 amide bonds. The Bertz CT molecular complexity index is 763. The number of thioether (sulfide) groups is 1. The first kappa shape index (κ1) is 15.0. The van der Waals surface area contributed by atoms with Gasteiger partial charge in [0.15, 0.2) is 0 Å². The van der Waals surface area contributed by atoms with Gasteiger partial charge in [-0.3, -0.25) is 9.69 Å². The van der Waals surface area contributed by atoms with Gasteiger partial charge in [-0.15, -0.1) is 0 Å². The van der Waals surface area contributed by atoms with E-state index in [2.05, 4.69) is 22.7 Å². The van der Waals surface area contributed by atoms with Crippen LogP contribution >= 0.6 is 11.8 Å². The summed E-state index contributed by atoms with van der Waals surface area (Å²) in [5, 5.41) is 0. The van der Waals surface area contributed by atoms with Crippen LogP contribution in [0.4, 0.5) is 0 Å². The zero-order valence-electron chi connectivity index (χ0n) is 13.5. The maximum absolute atomic E-state index is 12.7. The van der Waals surface area contributed by atoms with Crippen LogP contribution in [0.1, 0.15) is 17.7 Å². The number of aromatic nitrogens is 1. The van der Waals surface area contributed by atoms with Crippen molar-refractivity contribution in [3.63, 3.8) is 0 Å². The average Bonchev–Trinajstić information content (AvgIpc) is 3.13. The lowest BCUT2D eigenvalue weighted by Crippen LogP contribution is -2.41. The third kappa shape index (κ3) is 2.74. The standard InChI is InChI=1S/C19H22N2OS/c1-20-18-7-9-21(16-8-10-23-13-16)12-15(18)11-17(19(20)22)14-5-3-2-4-6-14/h2-6,11,16H,7-10,12-13H2,1H3. The molecule has 0 bridgehead atoms. The Kier molecular flexibility index (Phi) is 4.04. The molecule has 23 heavy (non-hydrogen) atoms. The summed E-state index contributed by atoms with van der Waals surface area (Å²) in [6.45, 7) is 2.06. The molecule has 2 aromatic rings. The summed E-state index contributed by atoms with van der Waals surface area (Å²) in [7, 11) is 1.93. The molecule has 120 valence electrons. The Morgan fingerprint density at radius 1 is 1.22 bits per heavy atom. The number of nitrogens with zero attached hydrogens (tertiary/aromatic N) is 2. The first-order valence-corrected chi connectivity index (χ1v) is 9.48. The minimum Gasteiger partial charge on any atom is -0.315 e. The molecular weight excluding hydrogens is 304 g/mol. The quantitative estimate of drug-likeness (QED) is 0.848. The van der Waals surface area contributed by atoms with Crippen molar-refractivity contribution in [3.8, 4) is 11.1 Å². The molecule has 0 saturated carbocycles. The SMILES string of the molecule is Cn1c2c(cc(-c3ccccc3)c1=O)CN(C1CCSC1)CC2. The Morgan fingerprint density at radius 2 is 2.04 bits per heavy atom. The van der Waals surface area contributed by atoms with Gasteiger partial charge >= 0.3 is 0 Å². The van der Waals surface area contributed by atoms with E-state index in [9.17, 15) is 4.79 Å². The molecule has 3 heterocycles. The van der Waals surface area contributed by atoms with Gasteiger partial charge in [-0.2, -0.15) is 11.8 Å². The van der Waals surface area contributed by atoms with Gasteiger partial charge in [0.25, 0.3) is 5.56 Å². The van der Waals surface area contributed by atoms with Crippen LogP contribution in [0.5, 0.6) is 0 Å². The van der Waals surface area contributed by atoms with Crippen molar-refractivity contribution in [1.29, 1.82) is 0 Å². The molecule has 1 atom stereocenters. The van der Waals surface area contributed by atoms with Crippen LogP contribution < -0.4 is 5.56 Å². The number of hydrogen-bond donors (Lipinski definition) is 0. The second kappa shape index (κ2) is 6.17. The Hall–Kier alpha value is -1.52. The number of hydrogen-bond acceptors (Lipinski definition) is 3. The van der Waals surface area contributed by atoms with E-state index in [0.29, 0.717) is 6.04 Å². The summed E-state index contributed by atoms with van der Waals surface area (Å²) in [5.41, 5.74) is 4.52. The average molecular weight is 326 g/mol. The molecule has 1 fully saturated rings. The van der Waals surface area contributed by atoms with Gasteiger partial charge in [-0.1, -0.05) is 30.3 Å². The van der Waals surface area contributed by atoms with Crippen molar-refractivity contribution in [3.05, 3.63) is 58.0 Å². The highest BCUT2D eigenvalue weighted by Gasteiger charge is 2.28. The molecule has 1 aromatic heterocycles. The Morgan fingerprint density at radius 3 is 2.78 bits per heavy atom. The summed E-state index contributed by atoms with van der Waals surface area (Å²) >= 11 is 2.07. The fourth-order valence-electron chi connectivity index (χ4n) is 3.80. The summed E-state index contributed by atoms with van der Waals surface area (Å²) in [4.78, 5) is 15.3. The van der Waals surface area contributed by atoms with Crippen LogP contribution in [-0.4, -0.2) is 33.6 Å². The second-order valence-corrected chi connectivity index (χ2v) is 7.65.